The number of hydrogen-bond donors (Lipinski definition) is 1. The van der Waals surface area contributed by atoms with Gasteiger partial charge in [0.05, 0.1) is 5.56 Å². The van der Waals surface area contributed by atoms with Gasteiger partial charge in [-0.2, -0.15) is 0 Å². The highest BCUT2D eigenvalue weighted by molar-refractivity contribution is 5.97. The quantitative estimate of drug-likeness (QED) is 0.235. The Hall–Kier alpha value is -4.78. The van der Waals surface area contributed by atoms with E-state index in [0.29, 0.717) is 39.6 Å². The Morgan fingerprint density at radius 1 is 0.861 bits per heavy atom. The van der Waals surface area contributed by atoms with Crippen LogP contribution in [0.5, 0.6) is 17.2 Å². The molecule has 0 saturated heterocycles. The molecule has 7 nitrogen and oxygen atoms in total. The summed E-state index contributed by atoms with van der Waals surface area (Å²) >= 11 is 0. The number of rotatable bonds is 3. The Labute approximate surface area is 207 Å². The van der Waals surface area contributed by atoms with Gasteiger partial charge in [0.15, 0.2) is 5.60 Å². The Bertz CT molecular complexity index is 1550. The minimum Gasteiger partial charge on any atom is -0.456 e. The molecule has 0 aliphatic carbocycles. The van der Waals surface area contributed by atoms with E-state index < -0.39 is 17.5 Å². The molecule has 178 valence electrons. The van der Waals surface area contributed by atoms with Crippen LogP contribution in [-0.4, -0.2) is 19.0 Å². The van der Waals surface area contributed by atoms with E-state index >= 15 is 0 Å². The molecule has 0 bridgehead atoms. The van der Waals surface area contributed by atoms with Gasteiger partial charge in [-0.25, -0.2) is 4.79 Å². The van der Waals surface area contributed by atoms with Gasteiger partial charge in [0.1, 0.15) is 17.2 Å². The molecule has 1 spiro atoms. The maximum absolute atomic E-state index is 13.0. The summed E-state index contributed by atoms with van der Waals surface area (Å²) in [6.45, 7) is 1.34. The highest BCUT2D eigenvalue weighted by Gasteiger charge is 2.53. The molecule has 0 radical (unpaired) electrons. The van der Waals surface area contributed by atoms with E-state index in [1.165, 1.54) is 6.92 Å². The predicted octanol–water partition coefficient (Wildman–Crippen LogP) is 5.53. The summed E-state index contributed by atoms with van der Waals surface area (Å²) in [5, 5.41) is 0. The van der Waals surface area contributed by atoms with Crippen molar-refractivity contribution in [3.05, 3.63) is 107 Å². The van der Waals surface area contributed by atoms with Crippen molar-refractivity contribution in [2.24, 2.45) is 0 Å². The van der Waals surface area contributed by atoms with E-state index in [-0.39, 0.29) is 0 Å². The fourth-order valence-corrected chi connectivity index (χ4v) is 4.93. The van der Waals surface area contributed by atoms with Gasteiger partial charge in [-0.05, 0) is 54.6 Å². The fraction of sp³-hybridized carbons (Fsp3) is 0.103. The molecule has 0 amide bonds. The molecule has 1 atom stereocenters. The van der Waals surface area contributed by atoms with E-state index in [9.17, 15) is 9.59 Å². The zero-order valence-corrected chi connectivity index (χ0v) is 19.6. The van der Waals surface area contributed by atoms with Gasteiger partial charge in [0.25, 0.3) is 0 Å². The summed E-state index contributed by atoms with van der Waals surface area (Å²) in [4.78, 5) is 26.6. The monoisotopic (exact) mass is 478 g/mol. The second-order valence-electron chi connectivity index (χ2n) is 8.80. The van der Waals surface area contributed by atoms with Gasteiger partial charge < -0.3 is 24.8 Å². The molecule has 0 aromatic heterocycles. The maximum Gasteiger partial charge on any atom is 0.340 e. The first kappa shape index (κ1) is 21.7. The number of ether oxygens (including phenoxy) is 3. The van der Waals surface area contributed by atoms with Crippen LogP contribution < -0.4 is 20.1 Å². The fourth-order valence-electron chi connectivity index (χ4n) is 4.93. The highest BCUT2D eigenvalue weighted by Crippen LogP contribution is 2.57. The van der Waals surface area contributed by atoms with Gasteiger partial charge in [0.2, 0.25) is 0 Å². The van der Waals surface area contributed by atoms with Crippen LogP contribution in [0.3, 0.4) is 0 Å². The van der Waals surface area contributed by atoms with Gasteiger partial charge in [0, 0.05) is 59.9 Å². The lowest BCUT2D eigenvalue weighted by Crippen LogP contribution is -2.33. The van der Waals surface area contributed by atoms with Crippen LogP contribution in [0.4, 0.5) is 17.1 Å². The van der Waals surface area contributed by atoms with E-state index in [1.807, 2.05) is 72.6 Å². The molecular formula is C29H22N2O5. The number of nitrogens with zero attached hydrogens (tertiary/aromatic N) is 1. The number of benzene rings is 4. The number of nitrogens with two attached hydrogens (primary N) is 1. The van der Waals surface area contributed by atoms with E-state index in [0.717, 1.165) is 16.9 Å². The molecule has 2 aliphatic rings. The molecule has 6 rings (SSSR count). The van der Waals surface area contributed by atoms with Gasteiger partial charge in [-0.3, -0.25) is 4.79 Å². The van der Waals surface area contributed by atoms with Gasteiger partial charge in [-0.15, -0.1) is 0 Å². The third kappa shape index (κ3) is 3.20. The molecule has 2 heterocycles. The topological polar surface area (TPSA) is 91.1 Å². The first-order valence-electron chi connectivity index (χ1n) is 11.4. The standard InChI is InChI=1S/C29H22N2O5/c1-17(32)34-21-12-14-25-27(16-21)35-26-15-20(31(2)19-9-7-18(30)8-10-19)11-13-24(26)29(25)23-6-4-3-5-22(23)28(33)36-29/h3-16H,30H2,1-2H3. The van der Waals surface area contributed by atoms with Crippen LogP contribution in [0.25, 0.3) is 0 Å². The molecule has 2 aliphatic heterocycles. The number of hydrogen-bond acceptors (Lipinski definition) is 7. The number of esters is 2. The maximum atomic E-state index is 13.0. The van der Waals surface area contributed by atoms with Crippen LogP contribution in [-0.2, 0) is 15.1 Å². The first-order chi connectivity index (χ1) is 17.4. The molecule has 36 heavy (non-hydrogen) atoms. The van der Waals surface area contributed by atoms with E-state index in [4.69, 9.17) is 19.9 Å². The molecule has 0 saturated carbocycles. The molecular weight excluding hydrogens is 456 g/mol. The van der Waals surface area contributed by atoms with Crippen LogP contribution in [0, 0.1) is 0 Å². The van der Waals surface area contributed by atoms with Gasteiger partial charge in [-0.1, -0.05) is 18.2 Å². The predicted molar refractivity (Wildman–Crippen MR) is 135 cm³/mol. The summed E-state index contributed by atoms with van der Waals surface area (Å²) in [6.07, 6.45) is 0. The normalized spacial score (nSPS) is 16.9. The minimum atomic E-state index is -1.19. The lowest BCUT2D eigenvalue weighted by Gasteiger charge is -2.37. The zero-order valence-electron chi connectivity index (χ0n) is 19.6. The minimum absolute atomic E-state index is 0.340. The second-order valence-corrected chi connectivity index (χ2v) is 8.80. The molecule has 0 fully saturated rings. The van der Waals surface area contributed by atoms with Crippen molar-refractivity contribution < 1.29 is 23.8 Å². The Morgan fingerprint density at radius 3 is 2.28 bits per heavy atom. The summed E-state index contributed by atoms with van der Waals surface area (Å²) in [6, 6.07) is 25.8. The number of fused-ring (bicyclic) bond motifs is 6. The van der Waals surface area contributed by atoms with Crippen molar-refractivity contribution >= 4 is 29.0 Å². The smallest absolute Gasteiger partial charge is 0.340 e. The number of carbonyl (C=O) groups is 2. The summed E-state index contributed by atoms with van der Waals surface area (Å²) in [5.74, 6) is 0.472. The molecule has 4 aromatic carbocycles. The molecule has 7 heteroatoms. The SMILES string of the molecule is CC(=O)Oc1ccc2c(c1)Oc1cc(N(C)c3ccc(N)cc3)ccc1C21OC(=O)c2ccccc21. The second kappa shape index (κ2) is 7.88. The number of carbonyl (C=O) groups excluding carboxylic acids is 2. The van der Waals surface area contributed by atoms with E-state index in [1.54, 1.807) is 24.3 Å². The average molecular weight is 479 g/mol. The van der Waals surface area contributed by atoms with Crippen molar-refractivity contribution in [3.8, 4) is 17.2 Å². The first-order valence-corrected chi connectivity index (χ1v) is 11.4. The summed E-state index contributed by atoms with van der Waals surface area (Å²) in [7, 11) is 1.95. The van der Waals surface area contributed by atoms with E-state index in [2.05, 4.69) is 0 Å². The largest absolute Gasteiger partial charge is 0.456 e. The van der Waals surface area contributed by atoms with Crippen LogP contribution in [0.2, 0.25) is 0 Å². The number of nitrogen functional groups attached to an aromatic ring is 1. The van der Waals surface area contributed by atoms with Crippen molar-refractivity contribution in [1.29, 1.82) is 0 Å². The lowest BCUT2D eigenvalue weighted by molar-refractivity contribution is -0.131. The van der Waals surface area contributed by atoms with Crippen molar-refractivity contribution in [2.45, 2.75) is 12.5 Å². The third-order valence-corrected chi connectivity index (χ3v) is 6.60. The zero-order chi connectivity index (χ0) is 25.0. The van der Waals surface area contributed by atoms with Crippen molar-refractivity contribution in [3.63, 3.8) is 0 Å². The van der Waals surface area contributed by atoms with Crippen LogP contribution in [0.1, 0.15) is 34.0 Å². The molecule has 1 unspecified atom stereocenters. The third-order valence-electron chi connectivity index (χ3n) is 6.60. The summed E-state index contributed by atoms with van der Waals surface area (Å²) < 4.78 is 17.8. The molecule has 2 N–H and O–H groups in total. The van der Waals surface area contributed by atoms with Gasteiger partial charge >= 0.3 is 11.9 Å². The Balaban J connectivity index is 1.54. The van der Waals surface area contributed by atoms with Crippen molar-refractivity contribution in [2.75, 3.05) is 17.7 Å². The Kier molecular flexibility index (Phi) is 4.76. The number of anilines is 3. The van der Waals surface area contributed by atoms with Crippen LogP contribution >= 0.6 is 0 Å². The lowest BCUT2D eigenvalue weighted by atomic mass is 9.77. The van der Waals surface area contributed by atoms with Crippen LogP contribution in [0.15, 0.2) is 84.9 Å². The molecule has 4 aromatic rings. The Morgan fingerprint density at radius 2 is 1.53 bits per heavy atom. The highest BCUT2D eigenvalue weighted by atomic mass is 16.6. The summed E-state index contributed by atoms with van der Waals surface area (Å²) in [5.41, 5.74) is 9.77. The van der Waals surface area contributed by atoms with Crippen molar-refractivity contribution in [1.82, 2.24) is 0 Å². The average Bonchev–Trinajstić information content (AvgIpc) is 3.16.